The second kappa shape index (κ2) is 4.10. The van der Waals surface area contributed by atoms with E-state index in [0.717, 1.165) is 0 Å². The molecule has 0 unspecified atom stereocenters. The highest BCUT2D eigenvalue weighted by atomic mass is 35.7. The van der Waals surface area contributed by atoms with E-state index in [1.165, 1.54) is 0 Å². The number of alkyl halides is 4. The van der Waals surface area contributed by atoms with Crippen molar-refractivity contribution in [2.24, 2.45) is 0 Å². The van der Waals surface area contributed by atoms with E-state index in [1.807, 2.05) is 0 Å². The van der Waals surface area contributed by atoms with Crippen LogP contribution in [0, 0.1) is 0 Å². The highest BCUT2D eigenvalue weighted by molar-refractivity contribution is 7.52. The summed E-state index contributed by atoms with van der Waals surface area (Å²) in [5, 5.41) is 0. The summed E-state index contributed by atoms with van der Waals surface area (Å²) in [7, 11) is 0. The third-order valence-corrected chi connectivity index (χ3v) is 11.2. The normalized spacial score (nSPS) is 13.3. The van der Waals surface area contributed by atoms with E-state index in [4.69, 9.17) is 68.6 Å². The van der Waals surface area contributed by atoms with Crippen molar-refractivity contribution >= 4 is 75.3 Å². The molecule has 0 aromatic heterocycles. The lowest BCUT2D eigenvalue weighted by molar-refractivity contribution is 1.69. The molecule has 56 valence electrons. The maximum Gasteiger partial charge on any atom is 0.314 e. The monoisotopic (exact) mass is 264 g/mol. The maximum absolute atomic E-state index is 5.58. The fraction of sp³-hybridized carbons (Fsp3) is 1.00. The molecule has 0 rings (SSSR count). The predicted octanol–water partition coefficient (Wildman–Crippen LogP) is 3.59. The molecule has 0 fully saturated rings. The van der Waals surface area contributed by atoms with Crippen molar-refractivity contribution in [2.75, 3.05) is 0 Å². The number of halogens is 6. The maximum atomic E-state index is 5.58. The van der Waals surface area contributed by atoms with Gasteiger partial charge in [0, 0.05) is 0 Å². The Labute approximate surface area is 83.7 Å². The van der Waals surface area contributed by atoms with Crippen molar-refractivity contribution in [2.45, 2.75) is 8.92 Å². The van der Waals surface area contributed by atoms with Gasteiger partial charge >= 0.3 is 6.69 Å². The van der Waals surface area contributed by atoms with E-state index in [-0.39, 0.29) is 0 Å². The van der Waals surface area contributed by atoms with Gasteiger partial charge in [0.2, 0.25) is 0 Å². The highest BCUT2D eigenvalue weighted by Crippen LogP contribution is 2.34. The minimum atomic E-state index is -2.85. The van der Waals surface area contributed by atoms with Crippen molar-refractivity contribution in [3.05, 3.63) is 0 Å². The van der Waals surface area contributed by atoms with Crippen LogP contribution in [0.3, 0.4) is 0 Å². The van der Waals surface area contributed by atoms with Gasteiger partial charge in [-0.3, -0.25) is 0 Å². The Kier molecular flexibility index (Phi) is 4.99. The lowest BCUT2D eigenvalue weighted by Crippen LogP contribution is -2.36. The average molecular weight is 267 g/mol. The van der Waals surface area contributed by atoms with Crippen molar-refractivity contribution < 1.29 is 0 Å². The number of rotatable bonds is 2. The minimum Gasteiger partial charge on any atom is -0.140 e. The van der Waals surface area contributed by atoms with Gasteiger partial charge in [0.25, 0.3) is 0 Å². The third kappa shape index (κ3) is 3.24. The fourth-order valence-corrected chi connectivity index (χ4v) is 2.57. The molecule has 7 heteroatoms. The summed E-state index contributed by atoms with van der Waals surface area (Å²) in [5.41, 5.74) is 0. The molecule has 0 amide bonds. The largest absolute Gasteiger partial charge is 0.314 e. The second-order valence-corrected chi connectivity index (χ2v) is 11.8. The number of hydrogen-bond acceptors (Lipinski definition) is 0. The van der Waals surface area contributed by atoms with Gasteiger partial charge in [-0.1, -0.05) is 0 Å². The highest BCUT2D eigenvalue weighted by Gasteiger charge is 2.43. The van der Waals surface area contributed by atoms with E-state index in [1.54, 1.807) is 0 Å². The van der Waals surface area contributed by atoms with Crippen LogP contribution < -0.4 is 0 Å². The minimum absolute atomic E-state index is 0.860. The Bertz CT molecular complexity index is 79.1. The summed E-state index contributed by atoms with van der Waals surface area (Å²) in [6, 6.07) is 0. The van der Waals surface area contributed by atoms with Gasteiger partial charge in [-0.2, -0.15) is 0 Å². The van der Waals surface area contributed by atoms with Crippen LogP contribution in [-0.4, -0.2) is 15.6 Å². The topological polar surface area (TPSA) is 0 Å². The average Bonchev–Trinajstić information content (AvgIpc) is 1.65. The first-order valence-corrected chi connectivity index (χ1v) is 7.75. The molecule has 0 spiro atoms. The summed E-state index contributed by atoms with van der Waals surface area (Å²) in [6.07, 6.45) is 0. The molecule has 0 saturated heterocycles. The van der Waals surface area contributed by atoms with Crippen molar-refractivity contribution in [1.29, 1.82) is 0 Å². The van der Waals surface area contributed by atoms with Crippen molar-refractivity contribution in [3.63, 3.8) is 0 Å². The van der Waals surface area contributed by atoms with Crippen LogP contribution in [0.4, 0.5) is 0 Å². The summed E-state index contributed by atoms with van der Waals surface area (Å²) in [4.78, 5) is 0. The van der Waals surface area contributed by atoms with Gasteiger partial charge in [-0.25, -0.2) is 0 Å². The molecule has 0 saturated carbocycles. The summed E-state index contributed by atoms with van der Waals surface area (Å²) in [6.45, 7) is -2.85. The van der Waals surface area contributed by atoms with Crippen LogP contribution in [-0.2, 0) is 0 Å². The molecule has 0 aromatic carbocycles. The lowest BCUT2D eigenvalue weighted by atomic mass is 11.8. The molecule has 0 aromatic rings. The van der Waals surface area contributed by atoms with Crippen LogP contribution >= 0.6 is 68.6 Å². The molecule has 0 atom stereocenters. The first-order chi connectivity index (χ1) is 3.89. The smallest absolute Gasteiger partial charge is 0.140 e. The van der Waals surface area contributed by atoms with Gasteiger partial charge < -0.3 is 0 Å². The van der Waals surface area contributed by atoms with Crippen LogP contribution in [0.25, 0.3) is 0 Å². The van der Waals surface area contributed by atoms with Gasteiger partial charge in [-0.05, 0) is 0 Å². The third-order valence-electron chi connectivity index (χ3n) is 0.582. The van der Waals surface area contributed by atoms with Gasteiger partial charge in [0.05, 0.1) is 0 Å². The molecule has 0 N–H and O–H groups in total. The first kappa shape index (κ1) is 11.0. The van der Waals surface area contributed by atoms with Crippen LogP contribution in [0.1, 0.15) is 0 Å². The van der Waals surface area contributed by atoms with E-state index < -0.39 is 15.6 Å². The Hall–Kier alpha value is 1.96. The first-order valence-electron chi connectivity index (χ1n) is 1.83. The Morgan fingerprint density at radius 3 is 1.00 bits per heavy atom. The number of hydrogen-bond donors (Lipinski definition) is 0. The Morgan fingerprint density at radius 1 is 0.778 bits per heavy atom. The van der Waals surface area contributed by atoms with E-state index >= 15 is 0 Å². The molecular formula is C2H2Cl6Si. The Morgan fingerprint density at radius 2 is 1.00 bits per heavy atom. The molecule has 0 aliphatic rings. The standard InChI is InChI=1S/C2H2Cl6Si/c3-1(4)9(7,8)2(5)6/h1-2H. The summed E-state index contributed by atoms with van der Waals surface area (Å²) >= 11 is 32.6. The molecule has 0 heterocycles. The zero-order valence-corrected chi connectivity index (χ0v) is 9.46. The van der Waals surface area contributed by atoms with Crippen LogP contribution in [0.2, 0.25) is 0 Å². The molecular weight excluding hydrogens is 265 g/mol. The molecule has 0 aliphatic heterocycles. The van der Waals surface area contributed by atoms with Crippen molar-refractivity contribution in [3.8, 4) is 0 Å². The SMILES string of the molecule is ClC(Cl)[Si](Cl)(Cl)C(Cl)Cl. The summed E-state index contributed by atoms with van der Waals surface area (Å²) < 4.78 is -1.72. The zero-order valence-electron chi connectivity index (χ0n) is 3.92. The lowest BCUT2D eigenvalue weighted by Gasteiger charge is -2.17. The predicted molar refractivity (Wildman–Crippen MR) is 48.4 cm³/mol. The van der Waals surface area contributed by atoms with Gasteiger partial charge in [0.1, 0.15) is 8.92 Å². The van der Waals surface area contributed by atoms with Crippen LogP contribution in [0.5, 0.6) is 0 Å². The van der Waals surface area contributed by atoms with E-state index in [2.05, 4.69) is 0 Å². The Balaban J connectivity index is 4.01. The van der Waals surface area contributed by atoms with Crippen molar-refractivity contribution in [1.82, 2.24) is 0 Å². The van der Waals surface area contributed by atoms with Gasteiger partial charge in [-0.15, -0.1) is 68.6 Å². The van der Waals surface area contributed by atoms with E-state index in [0.29, 0.717) is 0 Å². The van der Waals surface area contributed by atoms with Crippen LogP contribution in [0.15, 0.2) is 0 Å². The quantitative estimate of drug-likeness (QED) is 0.407. The molecule has 0 radical (unpaired) electrons. The molecule has 0 nitrogen and oxygen atoms in total. The zero-order chi connectivity index (χ0) is 7.65. The van der Waals surface area contributed by atoms with Gasteiger partial charge in [0.15, 0.2) is 0 Å². The molecule has 0 aliphatic carbocycles. The second-order valence-electron chi connectivity index (χ2n) is 1.28. The molecule has 9 heavy (non-hydrogen) atoms. The fourth-order valence-electron chi connectivity index (χ4n) is 0.0952. The summed E-state index contributed by atoms with van der Waals surface area (Å²) in [5.74, 6) is 0. The molecule has 0 bridgehead atoms. The van der Waals surface area contributed by atoms with E-state index in [9.17, 15) is 0 Å².